The quantitative estimate of drug-likeness (QED) is 0.602. The summed E-state index contributed by atoms with van der Waals surface area (Å²) in [5.74, 6) is -0.383. The van der Waals surface area contributed by atoms with E-state index in [9.17, 15) is 9.59 Å². The molecule has 0 saturated carbocycles. The highest BCUT2D eigenvalue weighted by Crippen LogP contribution is 2.15. The van der Waals surface area contributed by atoms with Crippen molar-refractivity contribution in [3.05, 3.63) is 59.7 Å². The molecule has 0 spiro atoms. The summed E-state index contributed by atoms with van der Waals surface area (Å²) in [6, 6.07) is 13.9. The summed E-state index contributed by atoms with van der Waals surface area (Å²) in [5, 5.41) is 5.51. The summed E-state index contributed by atoms with van der Waals surface area (Å²) in [7, 11) is 0. The summed E-state index contributed by atoms with van der Waals surface area (Å²) in [4.78, 5) is 24.0. The van der Waals surface area contributed by atoms with Crippen LogP contribution in [0.2, 0.25) is 0 Å². The molecule has 5 heteroatoms. The predicted octanol–water partition coefficient (Wildman–Crippen LogP) is 4.60. The predicted molar refractivity (Wildman–Crippen MR) is 95.5 cm³/mol. The van der Waals surface area contributed by atoms with E-state index in [1.807, 2.05) is 38.1 Å². The number of unbranched alkanes of at least 4 members (excludes halogenated alkanes) is 1. The van der Waals surface area contributed by atoms with E-state index in [0.717, 1.165) is 24.1 Å². The minimum Gasteiger partial charge on any atom is -0.462 e. The zero-order valence-electron chi connectivity index (χ0n) is 14.0. The maximum absolute atomic E-state index is 12.1. The maximum atomic E-state index is 12.1. The molecule has 2 aromatic rings. The lowest BCUT2D eigenvalue weighted by atomic mass is 10.2. The number of nitrogens with one attached hydrogen (secondary N) is 2. The number of para-hydroxylation sites is 1. The van der Waals surface area contributed by atoms with E-state index in [-0.39, 0.29) is 12.0 Å². The number of esters is 1. The molecule has 0 saturated heterocycles. The number of urea groups is 1. The van der Waals surface area contributed by atoms with Crippen LogP contribution in [0.5, 0.6) is 0 Å². The van der Waals surface area contributed by atoms with Crippen molar-refractivity contribution in [2.75, 3.05) is 17.2 Å². The molecule has 0 aromatic heterocycles. The van der Waals surface area contributed by atoms with Crippen molar-refractivity contribution < 1.29 is 14.3 Å². The topological polar surface area (TPSA) is 67.4 Å². The zero-order valence-corrected chi connectivity index (χ0v) is 14.0. The number of anilines is 2. The molecule has 2 N–H and O–H groups in total. The molecule has 0 atom stereocenters. The highest BCUT2D eigenvalue weighted by molar-refractivity contribution is 6.01. The molecule has 5 nitrogen and oxygen atoms in total. The molecule has 24 heavy (non-hydrogen) atoms. The van der Waals surface area contributed by atoms with Gasteiger partial charge in [-0.3, -0.25) is 0 Å². The molecule has 126 valence electrons. The summed E-state index contributed by atoms with van der Waals surface area (Å²) in [5.41, 5.74) is 2.66. The van der Waals surface area contributed by atoms with Gasteiger partial charge in [-0.05, 0) is 43.2 Å². The van der Waals surface area contributed by atoms with Crippen molar-refractivity contribution in [3.63, 3.8) is 0 Å². The van der Waals surface area contributed by atoms with E-state index in [0.29, 0.717) is 17.9 Å². The van der Waals surface area contributed by atoms with Crippen LogP contribution in [0.3, 0.4) is 0 Å². The van der Waals surface area contributed by atoms with E-state index in [2.05, 4.69) is 10.6 Å². The standard InChI is InChI=1S/C19H22N2O3/c1-3-4-12-24-18(22)15-9-7-10-16(13-15)20-19(23)21-17-11-6-5-8-14(17)2/h5-11,13H,3-4,12H2,1-2H3,(H2,20,21,23). The second-order valence-corrected chi connectivity index (χ2v) is 5.46. The molecule has 0 bridgehead atoms. The Morgan fingerprint density at radius 2 is 1.83 bits per heavy atom. The van der Waals surface area contributed by atoms with Gasteiger partial charge in [0.1, 0.15) is 0 Å². The number of ether oxygens (including phenoxy) is 1. The number of hydrogen-bond acceptors (Lipinski definition) is 3. The lowest BCUT2D eigenvalue weighted by molar-refractivity contribution is 0.0500. The second kappa shape index (κ2) is 8.72. The Bertz CT molecular complexity index is 713. The molecule has 0 aliphatic heterocycles. The summed E-state index contributed by atoms with van der Waals surface area (Å²) < 4.78 is 5.17. The third-order valence-corrected chi connectivity index (χ3v) is 3.48. The Morgan fingerprint density at radius 3 is 2.58 bits per heavy atom. The zero-order chi connectivity index (χ0) is 17.4. The number of benzene rings is 2. The van der Waals surface area contributed by atoms with Gasteiger partial charge in [0.2, 0.25) is 0 Å². The average Bonchev–Trinajstić information content (AvgIpc) is 2.57. The first-order chi connectivity index (χ1) is 11.6. The normalized spacial score (nSPS) is 10.1. The van der Waals surface area contributed by atoms with Gasteiger partial charge in [-0.15, -0.1) is 0 Å². The van der Waals surface area contributed by atoms with Gasteiger partial charge in [0.25, 0.3) is 0 Å². The molecule has 0 heterocycles. The van der Waals surface area contributed by atoms with Gasteiger partial charge in [0.15, 0.2) is 0 Å². The van der Waals surface area contributed by atoms with Gasteiger partial charge >= 0.3 is 12.0 Å². The Morgan fingerprint density at radius 1 is 1.04 bits per heavy atom. The lowest BCUT2D eigenvalue weighted by Gasteiger charge is -2.10. The van der Waals surface area contributed by atoms with E-state index in [1.165, 1.54) is 0 Å². The smallest absolute Gasteiger partial charge is 0.338 e. The summed E-state index contributed by atoms with van der Waals surface area (Å²) in [6.45, 7) is 4.36. The number of rotatable bonds is 6. The number of hydrogen-bond donors (Lipinski definition) is 2. The fourth-order valence-electron chi connectivity index (χ4n) is 2.11. The number of aryl methyl sites for hydroxylation is 1. The van der Waals surface area contributed by atoms with Gasteiger partial charge in [-0.1, -0.05) is 37.6 Å². The van der Waals surface area contributed by atoms with Crippen molar-refractivity contribution in [3.8, 4) is 0 Å². The van der Waals surface area contributed by atoms with Crippen molar-refractivity contribution in [1.82, 2.24) is 0 Å². The summed E-state index contributed by atoms with van der Waals surface area (Å²) in [6.07, 6.45) is 1.80. The second-order valence-electron chi connectivity index (χ2n) is 5.46. The summed E-state index contributed by atoms with van der Waals surface area (Å²) >= 11 is 0. The van der Waals surface area contributed by atoms with Gasteiger partial charge in [0, 0.05) is 11.4 Å². The molecule has 0 radical (unpaired) electrons. The highest BCUT2D eigenvalue weighted by Gasteiger charge is 2.09. The van der Waals surface area contributed by atoms with Crippen molar-refractivity contribution in [1.29, 1.82) is 0 Å². The minimum absolute atomic E-state index is 0.360. The van der Waals surface area contributed by atoms with E-state index < -0.39 is 0 Å². The van der Waals surface area contributed by atoms with Crippen LogP contribution in [0.4, 0.5) is 16.2 Å². The van der Waals surface area contributed by atoms with Crippen LogP contribution in [0, 0.1) is 6.92 Å². The minimum atomic E-state index is -0.383. The molecule has 0 aliphatic carbocycles. The molecule has 2 amide bonds. The van der Waals surface area contributed by atoms with Crippen LogP contribution in [-0.4, -0.2) is 18.6 Å². The van der Waals surface area contributed by atoms with E-state index in [1.54, 1.807) is 24.3 Å². The third kappa shape index (κ3) is 5.12. The fraction of sp³-hybridized carbons (Fsp3) is 0.263. The fourth-order valence-corrected chi connectivity index (χ4v) is 2.11. The van der Waals surface area contributed by atoms with E-state index >= 15 is 0 Å². The van der Waals surface area contributed by atoms with Crippen LogP contribution in [-0.2, 0) is 4.74 Å². The molecule has 0 unspecified atom stereocenters. The molecule has 0 aliphatic rings. The van der Waals surface area contributed by atoms with Crippen LogP contribution in [0.1, 0.15) is 35.7 Å². The third-order valence-electron chi connectivity index (χ3n) is 3.48. The number of carbonyl (C=O) groups is 2. The Balaban J connectivity index is 1.97. The Hall–Kier alpha value is -2.82. The van der Waals surface area contributed by atoms with Gasteiger partial charge in [-0.2, -0.15) is 0 Å². The van der Waals surface area contributed by atoms with Crippen LogP contribution in [0.25, 0.3) is 0 Å². The largest absolute Gasteiger partial charge is 0.462 e. The van der Waals surface area contributed by atoms with Gasteiger partial charge < -0.3 is 15.4 Å². The van der Waals surface area contributed by atoms with Gasteiger partial charge in [0.05, 0.1) is 12.2 Å². The number of carbonyl (C=O) groups excluding carboxylic acids is 2. The molecular formula is C19H22N2O3. The van der Waals surface area contributed by atoms with E-state index in [4.69, 9.17) is 4.74 Å². The Labute approximate surface area is 142 Å². The van der Waals surface area contributed by atoms with Crippen molar-refractivity contribution in [2.24, 2.45) is 0 Å². The number of amides is 2. The first-order valence-electron chi connectivity index (χ1n) is 8.01. The first kappa shape index (κ1) is 17.5. The van der Waals surface area contributed by atoms with Crippen molar-refractivity contribution in [2.45, 2.75) is 26.7 Å². The highest BCUT2D eigenvalue weighted by atomic mass is 16.5. The molecule has 0 fully saturated rings. The Kier molecular flexibility index (Phi) is 6.37. The van der Waals surface area contributed by atoms with Crippen LogP contribution >= 0.6 is 0 Å². The molecule has 2 rings (SSSR count). The lowest BCUT2D eigenvalue weighted by Crippen LogP contribution is -2.20. The van der Waals surface area contributed by atoms with Crippen molar-refractivity contribution >= 4 is 23.4 Å². The molecular weight excluding hydrogens is 304 g/mol. The monoisotopic (exact) mass is 326 g/mol. The molecule has 2 aromatic carbocycles. The van der Waals surface area contributed by atoms with Crippen LogP contribution < -0.4 is 10.6 Å². The average molecular weight is 326 g/mol. The SMILES string of the molecule is CCCCOC(=O)c1cccc(NC(=O)Nc2ccccc2C)c1. The van der Waals surface area contributed by atoms with Gasteiger partial charge in [-0.25, -0.2) is 9.59 Å². The maximum Gasteiger partial charge on any atom is 0.338 e. The first-order valence-corrected chi connectivity index (χ1v) is 8.01. The van der Waals surface area contributed by atoms with Crippen LogP contribution in [0.15, 0.2) is 48.5 Å².